The minimum atomic E-state index is -0.383. The SMILES string of the molecule is Cc1ccc(-c2cccc3cc(C(C)Nc4nc(N)ncc4C#N)n(-c4ccccc4)c(=O)c23)cc1. The van der Waals surface area contributed by atoms with E-state index in [9.17, 15) is 10.1 Å². The Bertz CT molecular complexity index is 1670. The molecule has 0 aliphatic rings. The summed E-state index contributed by atoms with van der Waals surface area (Å²) in [5.41, 5.74) is 10.4. The number of hydrogen-bond donors (Lipinski definition) is 2. The van der Waals surface area contributed by atoms with Gasteiger partial charge in [0.15, 0.2) is 0 Å². The highest BCUT2D eigenvalue weighted by molar-refractivity contribution is 5.96. The molecule has 0 saturated heterocycles. The molecular formula is C29H24N6O. The van der Waals surface area contributed by atoms with E-state index in [-0.39, 0.29) is 23.1 Å². The average molecular weight is 473 g/mol. The van der Waals surface area contributed by atoms with Gasteiger partial charge in [-0.05, 0) is 48.6 Å². The first-order valence-corrected chi connectivity index (χ1v) is 11.6. The molecule has 0 aliphatic heterocycles. The van der Waals surface area contributed by atoms with E-state index in [0.717, 1.165) is 33.5 Å². The van der Waals surface area contributed by atoms with E-state index in [4.69, 9.17) is 5.73 Å². The number of hydrogen-bond acceptors (Lipinski definition) is 6. The van der Waals surface area contributed by atoms with Gasteiger partial charge in [-0.25, -0.2) is 4.98 Å². The number of benzene rings is 3. The minimum Gasteiger partial charge on any atom is -0.368 e. The molecule has 3 N–H and O–H groups in total. The fourth-order valence-corrected chi connectivity index (χ4v) is 4.38. The molecule has 36 heavy (non-hydrogen) atoms. The van der Waals surface area contributed by atoms with E-state index in [1.165, 1.54) is 6.20 Å². The molecule has 5 rings (SSSR count). The van der Waals surface area contributed by atoms with Crippen molar-refractivity contribution in [3.05, 3.63) is 112 Å². The van der Waals surface area contributed by atoms with Crippen molar-refractivity contribution in [2.24, 2.45) is 0 Å². The van der Waals surface area contributed by atoms with Crippen molar-refractivity contribution >= 4 is 22.5 Å². The van der Waals surface area contributed by atoms with Gasteiger partial charge in [0.25, 0.3) is 5.56 Å². The number of fused-ring (bicyclic) bond motifs is 1. The number of para-hydroxylation sites is 1. The Kier molecular flexibility index (Phi) is 5.93. The summed E-state index contributed by atoms with van der Waals surface area (Å²) in [5, 5.41) is 14.2. The van der Waals surface area contributed by atoms with Gasteiger partial charge in [0.05, 0.1) is 17.6 Å². The summed E-state index contributed by atoms with van der Waals surface area (Å²) in [7, 11) is 0. The van der Waals surface area contributed by atoms with Crippen LogP contribution in [0.4, 0.5) is 11.8 Å². The van der Waals surface area contributed by atoms with Crippen molar-refractivity contribution in [3.8, 4) is 22.9 Å². The van der Waals surface area contributed by atoms with Gasteiger partial charge in [-0.3, -0.25) is 9.36 Å². The lowest BCUT2D eigenvalue weighted by molar-refractivity contribution is 0.772. The van der Waals surface area contributed by atoms with E-state index >= 15 is 0 Å². The van der Waals surface area contributed by atoms with Crippen LogP contribution in [0.1, 0.15) is 29.8 Å². The third-order valence-corrected chi connectivity index (χ3v) is 6.18. The first kappa shape index (κ1) is 22.8. The molecule has 0 radical (unpaired) electrons. The number of nitrogens with one attached hydrogen (secondary N) is 1. The Morgan fingerprint density at radius 2 is 1.78 bits per heavy atom. The van der Waals surface area contributed by atoms with Gasteiger partial charge in [-0.1, -0.05) is 66.2 Å². The van der Waals surface area contributed by atoms with Gasteiger partial charge in [-0.2, -0.15) is 10.2 Å². The second-order valence-electron chi connectivity index (χ2n) is 8.65. The van der Waals surface area contributed by atoms with Gasteiger partial charge in [0.2, 0.25) is 5.95 Å². The molecule has 0 amide bonds. The average Bonchev–Trinajstić information content (AvgIpc) is 2.89. The molecule has 2 heterocycles. The van der Waals surface area contributed by atoms with E-state index in [1.54, 1.807) is 4.57 Å². The van der Waals surface area contributed by atoms with Crippen LogP contribution in [-0.4, -0.2) is 14.5 Å². The topological polar surface area (TPSA) is 110 Å². The quantitative estimate of drug-likeness (QED) is 0.355. The van der Waals surface area contributed by atoms with E-state index in [0.29, 0.717) is 11.2 Å². The molecule has 0 saturated carbocycles. The molecule has 0 spiro atoms. The Balaban J connectivity index is 1.74. The van der Waals surface area contributed by atoms with Gasteiger partial charge < -0.3 is 11.1 Å². The van der Waals surface area contributed by atoms with Crippen molar-refractivity contribution < 1.29 is 0 Å². The number of nitriles is 1. The second kappa shape index (κ2) is 9.35. The van der Waals surface area contributed by atoms with Crippen LogP contribution in [0.3, 0.4) is 0 Å². The second-order valence-corrected chi connectivity index (χ2v) is 8.65. The van der Waals surface area contributed by atoms with Gasteiger partial charge >= 0.3 is 0 Å². The largest absolute Gasteiger partial charge is 0.368 e. The highest BCUT2D eigenvalue weighted by atomic mass is 16.1. The summed E-state index contributed by atoms with van der Waals surface area (Å²) < 4.78 is 1.72. The van der Waals surface area contributed by atoms with Crippen LogP contribution in [0.15, 0.2) is 89.9 Å². The first-order valence-electron chi connectivity index (χ1n) is 11.6. The van der Waals surface area contributed by atoms with Gasteiger partial charge in [-0.15, -0.1) is 0 Å². The Hall–Kier alpha value is -4.96. The maximum atomic E-state index is 14.2. The van der Waals surface area contributed by atoms with Crippen molar-refractivity contribution in [2.75, 3.05) is 11.1 Å². The molecule has 7 nitrogen and oxygen atoms in total. The summed E-state index contributed by atoms with van der Waals surface area (Å²) in [6.07, 6.45) is 1.38. The Morgan fingerprint density at radius 3 is 2.50 bits per heavy atom. The maximum absolute atomic E-state index is 14.2. The molecule has 1 unspecified atom stereocenters. The molecule has 0 fully saturated rings. The van der Waals surface area contributed by atoms with Crippen molar-refractivity contribution in [2.45, 2.75) is 19.9 Å². The predicted octanol–water partition coefficient (Wildman–Crippen LogP) is 5.38. The number of rotatable bonds is 5. The lowest BCUT2D eigenvalue weighted by Crippen LogP contribution is -2.26. The van der Waals surface area contributed by atoms with Crippen LogP contribution >= 0.6 is 0 Å². The Labute approximate surface area is 208 Å². The van der Waals surface area contributed by atoms with Crippen LogP contribution in [0.25, 0.3) is 27.6 Å². The number of aromatic nitrogens is 3. The van der Waals surface area contributed by atoms with Crippen LogP contribution in [-0.2, 0) is 0 Å². The number of anilines is 2. The highest BCUT2D eigenvalue weighted by Gasteiger charge is 2.20. The molecule has 0 bridgehead atoms. The lowest BCUT2D eigenvalue weighted by Gasteiger charge is -2.22. The third-order valence-electron chi connectivity index (χ3n) is 6.18. The van der Waals surface area contributed by atoms with Gasteiger partial charge in [0.1, 0.15) is 17.5 Å². The number of nitrogens with two attached hydrogens (primary N) is 1. The molecular weight excluding hydrogens is 448 g/mol. The molecule has 7 heteroatoms. The fraction of sp³-hybridized carbons (Fsp3) is 0.103. The van der Waals surface area contributed by atoms with E-state index < -0.39 is 0 Å². The van der Waals surface area contributed by atoms with Gasteiger partial charge in [0, 0.05) is 11.4 Å². The monoisotopic (exact) mass is 472 g/mol. The maximum Gasteiger partial charge on any atom is 0.263 e. The van der Waals surface area contributed by atoms with Crippen LogP contribution in [0, 0.1) is 18.3 Å². The number of pyridine rings is 1. The number of nitrogens with zero attached hydrogens (tertiary/aromatic N) is 4. The van der Waals surface area contributed by atoms with Crippen LogP contribution in [0.5, 0.6) is 0 Å². The van der Waals surface area contributed by atoms with E-state index in [1.807, 2.05) is 92.7 Å². The zero-order valence-electron chi connectivity index (χ0n) is 19.9. The molecule has 0 aliphatic carbocycles. The number of nitrogen functional groups attached to an aromatic ring is 1. The molecule has 176 valence electrons. The Morgan fingerprint density at radius 1 is 1.03 bits per heavy atom. The van der Waals surface area contributed by atoms with Crippen molar-refractivity contribution in [1.82, 2.24) is 14.5 Å². The fourth-order valence-electron chi connectivity index (χ4n) is 4.38. The predicted molar refractivity (Wildman–Crippen MR) is 143 cm³/mol. The summed E-state index contributed by atoms with van der Waals surface area (Å²) in [6.45, 7) is 3.96. The smallest absolute Gasteiger partial charge is 0.263 e. The lowest BCUT2D eigenvalue weighted by atomic mass is 9.97. The van der Waals surface area contributed by atoms with Crippen LogP contribution < -0.4 is 16.6 Å². The standard InChI is InChI=1S/C29H24N6O/c1-18-11-13-20(14-12-18)24-10-6-7-21-15-25(19(2)33-27-22(16-30)17-32-29(31)34-27)35(28(36)26(21)24)23-8-4-3-5-9-23/h3-15,17,19H,1-2H3,(H3,31,32,33,34). The van der Waals surface area contributed by atoms with Crippen molar-refractivity contribution in [1.29, 1.82) is 5.26 Å². The molecule has 1 atom stereocenters. The summed E-state index contributed by atoms with van der Waals surface area (Å²) >= 11 is 0. The van der Waals surface area contributed by atoms with Crippen molar-refractivity contribution in [3.63, 3.8) is 0 Å². The first-order chi connectivity index (χ1) is 17.5. The normalized spacial score (nSPS) is 11.7. The molecule has 2 aromatic heterocycles. The number of aryl methyl sites for hydroxylation is 1. The summed E-state index contributed by atoms with van der Waals surface area (Å²) in [5.74, 6) is 0.378. The summed E-state index contributed by atoms with van der Waals surface area (Å²) in [6, 6.07) is 27.3. The highest BCUT2D eigenvalue weighted by Crippen LogP contribution is 2.30. The molecule has 3 aromatic carbocycles. The zero-order chi connectivity index (χ0) is 25.2. The third kappa shape index (κ3) is 4.17. The zero-order valence-corrected chi connectivity index (χ0v) is 19.9. The van der Waals surface area contributed by atoms with E-state index in [2.05, 4.69) is 21.4 Å². The minimum absolute atomic E-state index is 0.0606. The van der Waals surface area contributed by atoms with Crippen LogP contribution in [0.2, 0.25) is 0 Å². The summed E-state index contributed by atoms with van der Waals surface area (Å²) in [4.78, 5) is 22.3. The molecule has 5 aromatic rings.